The molecule has 33 heavy (non-hydrogen) atoms. The molecular weight excluding hydrogens is 439 g/mol. The van der Waals surface area contributed by atoms with E-state index in [1.165, 1.54) is 16.8 Å². The van der Waals surface area contributed by atoms with Gasteiger partial charge >= 0.3 is 6.18 Å². The van der Waals surface area contributed by atoms with Crippen molar-refractivity contribution < 1.29 is 27.2 Å². The summed E-state index contributed by atoms with van der Waals surface area (Å²) >= 11 is 0. The number of nitrogens with one attached hydrogen (secondary N) is 2. The normalized spacial score (nSPS) is 12.4. The molecule has 0 fully saturated rings. The molecule has 174 valence electrons. The number of nitrogens with zero attached hydrogens (tertiary/aromatic N) is 1. The summed E-state index contributed by atoms with van der Waals surface area (Å²) in [6.07, 6.45) is -1.41. The Hall–Kier alpha value is -3.82. The average molecular weight is 461 g/mol. The largest absolute Gasteiger partial charge is 0.467 e. The van der Waals surface area contributed by atoms with Crippen molar-refractivity contribution >= 4 is 11.8 Å². The molecule has 1 aromatic carbocycles. The van der Waals surface area contributed by atoms with Crippen LogP contribution in [-0.2, 0) is 6.54 Å². The van der Waals surface area contributed by atoms with Crippen molar-refractivity contribution in [1.82, 2.24) is 15.2 Å². The molecule has 3 aromatic rings. The first-order valence-electron chi connectivity index (χ1n) is 10.1. The third-order valence-electron chi connectivity index (χ3n) is 4.86. The van der Waals surface area contributed by atoms with E-state index in [9.17, 15) is 27.6 Å². The predicted molar refractivity (Wildman–Crippen MR) is 114 cm³/mol. The lowest BCUT2D eigenvalue weighted by molar-refractivity contribution is -0.159. The van der Waals surface area contributed by atoms with Gasteiger partial charge in [-0.2, -0.15) is 13.2 Å². The molecule has 2 amide bonds. The molecule has 0 bridgehead atoms. The molecule has 7 nitrogen and oxygen atoms in total. The van der Waals surface area contributed by atoms with E-state index < -0.39 is 40.8 Å². The van der Waals surface area contributed by atoms with E-state index in [0.717, 1.165) is 24.1 Å². The highest BCUT2D eigenvalue weighted by Crippen LogP contribution is 2.33. The molecule has 2 aromatic heterocycles. The number of rotatable bonds is 7. The van der Waals surface area contributed by atoms with Crippen LogP contribution in [0.1, 0.15) is 58.0 Å². The second kappa shape index (κ2) is 9.76. The quantitative estimate of drug-likeness (QED) is 0.557. The predicted octanol–water partition coefficient (Wildman–Crippen LogP) is 3.99. The van der Waals surface area contributed by atoms with Gasteiger partial charge in [0, 0.05) is 25.0 Å². The van der Waals surface area contributed by atoms with Crippen LogP contribution in [0.15, 0.2) is 70.3 Å². The summed E-state index contributed by atoms with van der Waals surface area (Å²) in [5.41, 5.74) is -1.13. The number of amides is 2. The number of halogens is 3. The van der Waals surface area contributed by atoms with Crippen LogP contribution in [0, 0.1) is 0 Å². The molecule has 0 aliphatic heterocycles. The topological polar surface area (TPSA) is 93.3 Å². The van der Waals surface area contributed by atoms with Gasteiger partial charge in [0.05, 0.1) is 6.26 Å². The molecule has 10 heteroatoms. The van der Waals surface area contributed by atoms with Gasteiger partial charge in [-0.05, 0) is 31.5 Å². The van der Waals surface area contributed by atoms with Crippen LogP contribution in [-0.4, -0.2) is 22.6 Å². The van der Waals surface area contributed by atoms with Gasteiger partial charge in [-0.25, -0.2) is 0 Å². The summed E-state index contributed by atoms with van der Waals surface area (Å²) in [5.74, 6) is -2.55. The molecule has 0 aliphatic carbocycles. The van der Waals surface area contributed by atoms with Gasteiger partial charge in [0.25, 0.3) is 11.8 Å². The molecule has 0 saturated heterocycles. The van der Waals surface area contributed by atoms with Crippen molar-refractivity contribution in [1.29, 1.82) is 0 Å². The van der Waals surface area contributed by atoms with Crippen molar-refractivity contribution in [2.45, 2.75) is 38.7 Å². The van der Waals surface area contributed by atoms with Gasteiger partial charge in [0.2, 0.25) is 5.43 Å². The van der Waals surface area contributed by atoms with Crippen molar-refractivity contribution in [2.75, 3.05) is 0 Å². The molecule has 1 unspecified atom stereocenters. The molecule has 2 N–H and O–H groups in total. The third kappa shape index (κ3) is 5.71. The van der Waals surface area contributed by atoms with E-state index in [-0.39, 0.29) is 18.2 Å². The van der Waals surface area contributed by atoms with E-state index in [0.29, 0.717) is 0 Å². The Bertz CT molecular complexity index is 1170. The summed E-state index contributed by atoms with van der Waals surface area (Å²) in [7, 11) is 0. The fourth-order valence-corrected chi connectivity index (χ4v) is 3.07. The van der Waals surface area contributed by atoms with Crippen LogP contribution >= 0.6 is 0 Å². The van der Waals surface area contributed by atoms with E-state index in [1.807, 2.05) is 6.07 Å². The molecule has 3 rings (SSSR count). The summed E-state index contributed by atoms with van der Waals surface area (Å²) in [5, 5.41) is 4.40. The Labute approximate surface area is 187 Å². The molecule has 2 heterocycles. The van der Waals surface area contributed by atoms with Gasteiger partial charge in [-0.15, -0.1) is 0 Å². The minimum Gasteiger partial charge on any atom is -0.467 e. The standard InChI is InChI=1S/C23H22F3N3O4/c1-14(2)29-12-16(21(31)27-11-15-7-4-3-5-8-15)19(30)17(13-29)22(32)28-20(23(24,25)26)18-9-6-10-33-18/h3-10,12-14,20H,11H2,1-2H3,(H,27,31)(H,28,32). The van der Waals surface area contributed by atoms with Gasteiger partial charge in [-0.3, -0.25) is 14.4 Å². The lowest BCUT2D eigenvalue weighted by atomic mass is 10.1. The lowest BCUT2D eigenvalue weighted by Gasteiger charge is -2.20. The minimum atomic E-state index is -4.87. The summed E-state index contributed by atoms with van der Waals surface area (Å²) < 4.78 is 46.8. The number of hydrogen-bond donors (Lipinski definition) is 2. The molecule has 0 saturated carbocycles. The zero-order valence-electron chi connectivity index (χ0n) is 17.8. The van der Waals surface area contributed by atoms with Gasteiger partial charge in [0.15, 0.2) is 6.04 Å². The maximum Gasteiger partial charge on any atom is 0.415 e. The summed E-state index contributed by atoms with van der Waals surface area (Å²) in [4.78, 5) is 38.4. The number of aromatic nitrogens is 1. The van der Waals surface area contributed by atoms with Crippen LogP contribution < -0.4 is 16.1 Å². The lowest BCUT2D eigenvalue weighted by Crippen LogP contribution is -2.41. The fraction of sp³-hybridized carbons (Fsp3) is 0.261. The number of carbonyl (C=O) groups is 2. The van der Waals surface area contributed by atoms with E-state index in [1.54, 1.807) is 43.4 Å². The Morgan fingerprint density at radius 1 is 1.00 bits per heavy atom. The number of carbonyl (C=O) groups excluding carboxylic acids is 2. The van der Waals surface area contributed by atoms with Crippen molar-refractivity contribution in [3.63, 3.8) is 0 Å². The van der Waals surface area contributed by atoms with Gasteiger partial charge < -0.3 is 19.6 Å². The zero-order chi connectivity index (χ0) is 24.2. The Morgan fingerprint density at radius 3 is 2.18 bits per heavy atom. The number of furan rings is 1. The van der Waals surface area contributed by atoms with Crippen molar-refractivity contribution in [2.24, 2.45) is 0 Å². The first kappa shape index (κ1) is 23.8. The SMILES string of the molecule is CC(C)n1cc(C(=O)NCc2ccccc2)c(=O)c(C(=O)NC(c2ccco2)C(F)(F)F)c1. The van der Waals surface area contributed by atoms with Gasteiger partial charge in [0.1, 0.15) is 16.9 Å². The van der Waals surface area contributed by atoms with Crippen molar-refractivity contribution in [3.8, 4) is 0 Å². The average Bonchev–Trinajstić information content (AvgIpc) is 3.29. The first-order chi connectivity index (χ1) is 15.6. The van der Waals surface area contributed by atoms with Crippen LogP contribution in [0.2, 0.25) is 0 Å². The first-order valence-corrected chi connectivity index (χ1v) is 10.1. The second-order valence-corrected chi connectivity index (χ2v) is 7.59. The third-order valence-corrected chi connectivity index (χ3v) is 4.86. The monoisotopic (exact) mass is 461 g/mol. The van der Waals surface area contributed by atoms with Crippen molar-refractivity contribution in [3.05, 3.63) is 93.8 Å². The van der Waals surface area contributed by atoms with Crippen LogP contribution in [0.5, 0.6) is 0 Å². The maximum atomic E-state index is 13.5. The molecule has 0 radical (unpaired) electrons. The summed E-state index contributed by atoms with van der Waals surface area (Å²) in [6, 6.07) is 8.53. The Balaban J connectivity index is 1.92. The van der Waals surface area contributed by atoms with Crippen LogP contribution in [0.4, 0.5) is 13.2 Å². The number of hydrogen-bond acceptors (Lipinski definition) is 4. The highest BCUT2D eigenvalue weighted by atomic mass is 19.4. The van der Waals surface area contributed by atoms with Crippen LogP contribution in [0.3, 0.4) is 0 Å². The molecule has 0 aliphatic rings. The molecule has 1 atom stereocenters. The Kier molecular flexibility index (Phi) is 7.05. The second-order valence-electron chi connectivity index (χ2n) is 7.59. The summed E-state index contributed by atoms with van der Waals surface area (Å²) in [6.45, 7) is 3.60. The number of pyridine rings is 1. The number of alkyl halides is 3. The molecule has 0 spiro atoms. The van der Waals surface area contributed by atoms with E-state index in [2.05, 4.69) is 5.32 Å². The van der Waals surface area contributed by atoms with Gasteiger partial charge in [-0.1, -0.05) is 30.3 Å². The fourth-order valence-electron chi connectivity index (χ4n) is 3.07. The zero-order valence-corrected chi connectivity index (χ0v) is 17.8. The van der Waals surface area contributed by atoms with E-state index >= 15 is 0 Å². The minimum absolute atomic E-state index is 0.131. The highest BCUT2D eigenvalue weighted by molar-refractivity contribution is 5.99. The number of benzene rings is 1. The maximum absolute atomic E-state index is 13.5. The van der Waals surface area contributed by atoms with E-state index in [4.69, 9.17) is 4.42 Å². The Morgan fingerprint density at radius 2 is 1.64 bits per heavy atom. The smallest absolute Gasteiger partial charge is 0.415 e. The van der Waals surface area contributed by atoms with Crippen LogP contribution in [0.25, 0.3) is 0 Å². The highest BCUT2D eigenvalue weighted by Gasteiger charge is 2.44. The molecular formula is C23H22F3N3O4.